The predicted octanol–water partition coefficient (Wildman–Crippen LogP) is 3.55. The summed E-state index contributed by atoms with van der Waals surface area (Å²) in [6.07, 6.45) is -0.920. The molecule has 1 fully saturated rings. The monoisotopic (exact) mass is 328 g/mol. The van der Waals surface area contributed by atoms with Crippen LogP contribution in [0.3, 0.4) is 0 Å². The van der Waals surface area contributed by atoms with Crippen molar-refractivity contribution < 1.29 is 18.9 Å². The Kier molecular flexibility index (Phi) is 5.99. The van der Waals surface area contributed by atoms with Crippen LogP contribution in [0.1, 0.15) is 18.1 Å². The fraction of sp³-hybridized carbons (Fsp3) is 0.400. The molecule has 1 unspecified atom stereocenters. The number of ether oxygens (including phenoxy) is 4. The van der Waals surface area contributed by atoms with Crippen molar-refractivity contribution in [3.8, 4) is 0 Å². The van der Waals surface area contributed by atoms with Crippen LogP contribution in [0.2, 0.25) is 0 Å². The Balaban J connectivity index is 1.63. The summed E-state index contributed by atoms with van der Waals surface area (Å²) in [5.74, 6) is 0. The minimum absolute atomic E-state index is 0.0839. The zero-order chi connectivity index (χ0) is 16.8. The van der Waals surface area contributed by atoms with E-state index >= 15 is 0 Å². The molecule has 0 spiro atoms. The SMILES string of the molecule is COC1O[C@H](C)[C@@H](OCc2ccccc2)[C@H]1OCc1ccccc1. The van der Waals surface area contributed by atoms with Crippen molar-refractivity contribution in [1.82, 2.24) is 0 Å². The second-order valence-electron chi connectivity index (χ2n) is 5.97. The highest BCUT2D eigenvalue weighted by atomic mass is 16.7. The molecule has 2 aromatic rings. The molecule has 4 heteroatoms. The molecule has 1 saturated heterocycles. The molecule has 0 saturated carbocycles. The standard InChI is InChI=1S/C20H24O4/c1-15-18(22-13-16-9-5-3-6-10-16)19(20(21-2)24-15)23-14-17-11-7-4-8-12-17/h3-12,15,18-20H,13-14H2,1-2H3/t15-,18-,19-,20?/m1/s1. The molecule has 4 atom stereocenters. The van der Waals surface area contributed by atoms with Crippen LogP contribution in [-0.2, 0) is 32.2 Å². The van der Waals surface area contributed by atoms with Crippen LogP contribution in [0.15, 0.2) is 60.7 Å². The van der Waals surface area contributed by atoms with Gasteiger partial charge in [-0.15, -0.1) is 0 Å². The van der Waals surface area contributed by atoms with E-state index in [1.807, 2.05) is 67.6 Å². The Morgan fingerprint density at radius 1 is 0.792 bits per heavy atom. The summed E-state index contributed by atoms with van der Waals surface area (Å²) in [5, 5.41) is 0. The van der Waals surface area contributed by atoms with Gasteiger partial charge < -0.3 is 18.9 Å². The fourth-order valence-electron chi connectivity index (χ4n) is 2.92. The molecular formula is C20H24O4. The van der Waals surface area contributed by atoms with Gasteiger partial charge in [-0.05, 0) is 18.1 Å². The molecule has 2 aromatic carbocycles. The third-order valence-corrected chi connectivity index (χ3v) is 4.21. The molecule has 0 aromatic heterocycles. The van der Waals surface area contributed by atoms with Crippen LogP contribution >= 0.6 is 0 Å². The second-order valence-corrected chi connectivity index (χ2v) is 5.97. The first-order chi connectivity index (χ1) is 11.8. The zero-order valence-electron chi connectivity index (χ0n) is 14.1. The van der Waals surface area contributed by atoms with Gasteiger partial charge in [-0.1, -0.05) is 60.7 Å². The van der Waals surface area contributed by atoms with Crippen molar-refractivity contribution in [2.45, 2.75) is 44.7 Å². The van der Waals surface area contributed by atoms with Gasteiger partial charge in [0.1, 0.15) is 12.2 Å². The Morgan fingerprint density at radius 3 is 1.79 bits per heavy atom. The maximum absolute atomic E-state index is 6.10. The predicted molar refractivity (Wildman–Crippen MR) is 91.4 cm³/mol. The fourth-order valence-corrected chi connectivity index (χ4v) is 2.92. The normalized spacial score (nSPS) is 26.6. The molecule has 0 radical (unpaired) electrons. The molecule has 0 N–H and O–H groups in total. The van der Waals surface area contributed by atoms with Crippen LogP contribution in [-0.4, -0.2) is 31.7 Å². The Morgan fingerprint density at radius 2 is 1.29 bits per heavy atom. The van der Waals surface area contributed by atoms with E-state index in [9.17, 15) is 0 Å². The van der Waals surface area contributed by atoms with Crippen molar-refractivity contribution in [2.24, 2.45) is 0 Å². The van der Waals surface area contributed by atoms with E-state index in [0.29, 0.717) is 13.2 Å². The molecular weight excluding hydrogens is 304 g/mol. The van der Waals surface area contributed by atoms with E-state index in [0.717, 1.165) is 11.1 Å². The molecule has 24 heavy (non-hydrogen) atoms. The second kappa shape index (κ2) is 8.40. The minimum atomic E-state index is -0.413. The molecule has 3 rings (SSSR count). The summed E-state index contributed by atoms with van der Waals surface area (Å²) in [6.45, 7) is 3.03. The molecule has 0 bridgehead atoms. The van der Waals surface area contributed by atoms with Gasteiger partial charge in [0.05, 0.1) is 19.3 Å². The lowest BCUT2D eigenvalue weighted by atomic mass is 10.1. The highest BCUT2D eigenvalue weighted by molar-refractivity contribution is 5.14. The lowest BCUT2D eigenvalue weighted by Crippen LogP contribution is -2.37. The van der Waals surface area contributed by atoms with E-state index in [2.05, 4.69) is 0 Å². The highest BCUT2D eigenvalue weighted by Crippen LogP contribution is 2.28. The third-order valence-electron chi connectivity index (χ3n) is 4.21. The zero-order valence-corrected chi connectivity index (χ0v) is 14.1. The van der Waals surface area contributed by atoms with Crippen LogP contribution in [0.25, 0.3) is 0 Å². The number of hydrogen-bond acceptors (Lipinski definition) is 4. The van der Waals surface area contributed by atoms with Crippen LogP contribution < -0.4 is 0 Å². The summed E-state index contributed by atoms with van der Waals surface area (Å²) in [5.41, 5.74) is 2.25. The maximum Gasteiger partial charge on any atom is 0.186 e. The first-order valence-corrected chi connectivity index (χ1v) is 8.27. The van der Waals surface area contributed by atoms with Gasteiger partial charge in [-0.3, -0.25) is 0 Å². The molecule has 1 heterocycles. The van der Waals surface area contributed by atoms with E-state index in [4.69, 9.17) is 18.9 Å². The summed E-state index contributed by atoms with van der Waals surface area (Å²) in [7, 11) is 1.63. The van der Waals surface area contributed by atoms with E-state index in [-0.39, 0.29) is 18.3 Å². The quantitative estimate of drug-likeness (QED) is 0.779. The van der Waals surface area contributed by atoms with Crippen molar-refractivity contribution >= 4 is 0 Å². The largest absolute Gasteiger partial charge is 0.368 e. The summed E-state index contributed by atoms with van der Waals surface area (Å²) < 4.78 is 23.5. The van der Waals surface area contributed by atoms with Gasteiger partial charge in [0, 0.05) is 7.11 Å². The number of rotatable bonds is 7. The average molecular weight is 328 g/mol. The van der Waals surface area contributed by atoms with Gasteiger partial charge in [0.15, 0.2) is 6.29 Å². The molecule has 1 aliphatic rings. The first-order valence-electron chi connectivity index (χ1n) is 8.27. The molecule has 4 nitrogen and oxygen atoms in total. The van der Waals surface area contributed by atoms with Crippen molar-refractivity contribution in [2.75, 3.05) is 7.11 Å². The van der Waals surface area contributed by atoms with E-state index in [1.54, 1.807) is 7.11 Å². The average Bonchev–Trinajstić information content (AvgIpc) is 2.94. The van der Waals surface area contributed by atoms with Gasteiger partial charge >= 0.3 is 0 Å². The van der Waals surface area contributed by atoms with E-state index in [1.165, 1.54) is 0 Å². The third kappa shape index (κ3) is 4.22. The smallest absolute Gasteiger partial charge is 0.186 e. The molecule has 1 aliphatic heterocycles. The van der Waals surface area contributed by atoms with Crippen molar-refractivity contribution in [1.29, 1.82) is 0 Å². The van der Waals surface area contributed by atoms with Crippen LogP contribution in [0.4, 0.5) is 0 Å². The summed E-state index contributed by atoms with van der Waals surface area (Å²) in [4.78, 5) is 0. The van der Waals surface area contributed by atoms with Crippen molar-refractivity contribution in [3.63, 3.8) is 0 Å². The van der Waals surface area contributed by atoms with E-state index < -0.39 is 6.29 Å². The van der Waals surface area contributed by atoms with Crippen LogP contribution in [0.5, 0.6) is 0 Å². The Labute approximate surface area is 143 Å². The molecule has 0 amide bonds. The topological polar surface area (TPSA) is 36.9 Å². The highest BCUT2D eigenvalue weighted by Gasteiger charge is 2.44. The molecule has 128 valence electrons. The number of benzene rings is 2. The first kappa shape index (κ1) is 17.1. The van der Waals surface area contributed by atoms with Crippen molar-refractivity contribution in [3.05, 3.63) is 71.8 Å². The summed E-state index contributed by atoms with van der Waals surface area (Å²) in [6, 6.07) is 20.2. The lowest BCUT2D eigenvalue weighted by Gasteiger charge is -2.23. The van der Waals surface area contributed by atoms with Gasteiger partial charge in [0.2, 0.25) is 0 Å². The molecule has 0 aliphatic carbocycles. The lowest BCUT2D eigenvalue weighted by molar-refractivity contribution is -0.165. The van der Waals surface area contributed by atoms with Gasteiger partial charge in [0.25, 0.3) is 0 Å². The number of methoxy groups -OCH3 is 1. The number of hydrogen-bond donors (Lipinski definition) is 0. The Bertz CT molecular complexity index is 602. The van der Waals surface area contributed by atoms with Gasteiger partial charge in [-0.25, -0.2) is 0 Å². The van der Waals surface area contributed by atoms with Crippen LogP contribution in [0, 0.1) is 0 Å². The van der Waals surface area contributed by atoms with Gasteiger partial charge in [-0.2, -0.15) is 0 Å². The summed E-state index contributed by atoms with van der Waals surface area (Å²) >= 11 is 0. The Hall–Kier alpha value is -1.72. The minimum Gasteiger partial charge on any atom is -0.368 e. The maximum atomic E-state index is 6.10.